The molecule has 1 aliphatic rings. The highest BCUT2D eigenvalue weighted by molar-refractivity contribution is 5.91. The summed E-state index contributed by atoms with van der Waals surface area (Å²) in [6.45, 7) is 6.36. The molecule has 0 radical (unpaired) electrons. The minimum Gasteiger partial charge on any atom is -0.459 e. The summed E-state index contributed by atoms with van der Waals surface area (Å²) < 4.78 is 24.6. The van der Waals surface area contributed by atoms with Crippen molar-refractivity contribution in [2.24, 2.45) is 0 Å². The van der Waals surface area contributed by atoms with Gasteiger partial charge in [0.1, 0.15) is 11.5 Å². The maximum absolute atomic E-state index is 13.5. The normalized spacial score (nSPS) is 14.7. The third kappa shape index (κ3) is 4.64. The molecule has 0 atom stereocenters. The van der Waals surface area contributed by atoms with E-state index in [1.807, 2.05) is 6.92 Å². The number of carbonyl (C=O) groups excluding carboxylic acids is 1. The van der Waals surface area contributed by atoms with Gasteiger partial charge in [-0.2, -0.15) is 0 Å². The maximum Gasteiger partial charge on any atom is 0.289 e. The number of hydrogen-bond donors (Lipinski definition) is 0. The number of nitrogens with zero attached hydrogens (tertiary/aromatic N) is 4. The average molecular weight is 426 g/mol. The maximum atomic E-state index is 13.5. The molecule has 164 valence electrons. The number of rotatable bonds is 7. The van der Waals surface area contributed by atoms with Crippen molar-refractivity contribution in [3.63, 3.8) is 0 Å². The molecule has 1 fully saturated rings. The molecule has 0 aliphatic carbocycles. The van der Waals surface area contributed by atoms with Crippen LogP contribution < -0.4 is 4.90 Å². The van der Waals surface area contributed by atoms with Crippen LogP contribution in [-0.4, -0.2) is 60.6 Å². The van der Waals surface area contributed by atoms with Crippen LogP contribution in [0.2, 0.25) is 0 Å². The topological polar surface area (TPSA) is 66.0 Å². The molecule has 7 nitrogen and oxygen atoms in total. The van der Waals surface area contributed by atoms with E-state index in [-0.39, 0.29) is 11.7 Å². The lowest BCUT2D eigenvalue weighted by Gasteiger charge is -2.32. The standard InChI is InChI=1S/C23H27FN4O3/c1-3-10-28(22(29)20-5-4-15-30-20)16-19-21(17-6-8-18(24)9-7-17)25-31-23(19)27-13-11-26(2)12-14-27/h4-9,15H,3,10-14,16H2,1-2H3. The fraction of sp³-hybridized carbons (Fsp3) is 0.391. The van der Waals surface area contributed by atoms with Crippen LogP contribution in [0.15, 0.2) is 51.6 Å². The second-order valence-corrected chi connectivity index (χ2v) is 7.82. The molecule has 31 heavy (non-hydrogen) atoms. The zero-order chi connectivity index (χ0) is 21.8. The molecule has 8 heteroatoms. The second-order valence-electron chi connectivity index (χ2n) is 7.82. The summed E-state index contributed by atoms with van der Waals surface area (Å²) >= 11 is 0. The summed E-state index contributed by atoms with van der Waals surface area (Å²) in [7, 11) is 2.09. The Kier molecular flexibility index (Phi) is 6.36. The van der Waals surface area contributed by atoms with Gasteiger partial charge in [-0.25, -0.2) is 4.39 Å². The minimum atomic E-state index is -0.311. The zero-order valence-corrected chi connectivity index (χ0v) is 17.9. The number of likely N-dealkylation sites (N-methyl/N-ethyl adjacent to an activating group) is 1. The van der Waals surface area contributed by atoms with Crippen molar-refractivity contribution < 1.29 is 18.1 Å². The quantitative estimate of drug-likeness (QED) is 0.571. The molecule has 0 bridgehead atoms. The predicted octanol–water partition coefficient (Wildman–Crippen LogP) is 3.88. The first-order chi connectivity index (χ1) is 15.1. The highest BCUT2D eigenvalue weighted by atomic mass is 19.1. The molecule has 0 N–H and O–H groups in total. The van der Waals surface area contributed by atoms with Crippen molar-refractivity contribution in [2.45, 2.75) is 19.9 Å². The van der Waals surface area contributed by atoms with E-state index in [1.165, 1.54) is 18.4 Å². The van der Waals surface area contributed by atoms with Crippen LogP contribution >= 0.6 is 0 Å². The molecule has 3 aromatic rings. The summed E-state index contributed by atoms with van der Waals surface area (Å²) in [5.74, 6) is 0.478. The number of halogens is 1. The largest absolute Gasteiger partial charge is 0.459 e. The number of anilines is 1. The van der Waals surface area contributed by atoms with E-state index < -0.39 is 0 Å². The van der Waals surface area contributed by atoms with Crippen molar-refractivity contribution in [1.82, 2.24) is 15.0 Å². The first-order valence-electron chi connectivity index (χ1n) is 10.6. The van der Waals surface area contributed by atoms with Crippen molar-refractivity contribution in [3.8, 4) is 11.3 Å². The molecule has 3 heterocycles. The van der Waals surface area contributed by atoms with E-state index in [2.05, 4.69) is 22.0 Å². The smallest absolute Gasteiger partial charge is 0.289 e. The van der Waals surface area contributed by atoms with Crippen LogP contribution in [0.5, 0.6) is 0 Å². The van der Waals surface area contributed by atoms with Gasteiger partial charge in [0, 0.05) is 38.3 Å². The highest BCUT2D eigenvalue weighted by Crippen LogP contribution is 2.33. The molecule has 0 spiro atoms. The lowest BCUT2D eigenvalue weighted by Crippen LogP contribution is -2.45. The minimum absolute atomic E-state index is 0.178. The van der Waals surface area contributed by atoms with Crippen LogP contribution in [0, 0.1) is 5.82 Å². The van der Waals surface area contributed by atoms with E-state index in [0.29, 0.717) is 30.4 Å². The fourth-order valence-corrected chi connectivity index (χ4v) is 3.80. The summed E-state index contributed by atoms with van der Waals surface area (Å²) in [6.07, 6.45) is 2.30. The van der Waals surface area contributed by atoms with Crippen LogP contribution in [-0.2, 0) is 6.54 Å². The average Bonchev–Trinajstić information content (AvgIpc) is 3.45. The van der Waals surface area contributed by atoms with Crippen LogP contribution in [0.1, 0.15) is 29.5 Å². The Morgan fingerprint density at radius 1 is 1.16 bits per heavy atom. The lowest BCUT2D eigenvalue weighted by atomic mass is 10.1. The molecule has 1 amide bonds. The molecule has 0 unspecified atom stereocenters. The number of aromatic nitrogens is 1. The third-order valence-electron chi connectivity index (χ3n) is 5.54. The molecule has 1 aromatic carbocycles. The Morgan fingerprint density at radius 3 is 2.55 bits per heavy atom. The lowest BCUT2D eigenvalue weighted by molar-refractivity contribution is 0.0711. The summed E-state index contributed by atoms with van der Waals surface area (Å²) in [5.41, 5.74) is 2.20. The SMILES string of the molecule is CCCN(Cc1c(-c2ccc(F)cc2)noc1N1CCN(C)CC1)C(=O)c1ccco1. The van der Waals surface area contributed by atoms with Gasteiger partial charge in [-0.05, 0) is 49.9 Å². The Balaban J connectivity index is 1.70. The van der Waals surface area contributed by atoms with Crippen LogP contribution in [0.25, 0.3) is 11.3 Å². The van der Waals surface area contributed by atoms with E-state index in [4.69, 9.17) is 8.94 Å². The van der Waals surface area contributed by atoms with Gasteiger partial charge in [-0.1, -0.05) is 12.1 Å². The Labute approximate surface area is 181 Å². The van der Waals surface area contributed by atoms with Crippen LogP contribution in [0.3, 0.4) is 0 Å². The number of benzene rings is 1. The van der Waals surface area contributed by atoms with Gasteiger partial charge in [0.2, 0.25) is 5.88 Å². The van der Waals surface area contributed by atoms with Crippen LogP contribution in [0.4, 0.5) is 10.3 Å². The Hall–Kier alpha value is -3.13. The van der Waals surface area contributed by atoms with Gasteiger partial charge >= 0.3 is 0 Å². The van der Waals surface area contributed by atoms with Crippen molar-refractivity contribution >= 4 is 11.8 Å². The fourth-order valence-electron chi connectivity index (χ4n) is 3.80. The third-order valence-corrected chi connectivity index (χ3v) is 5.54. The molecule has 0 saturated carbocycles. The monoisotopic (exact) mass is 426 g/mol. The van der Waals surface area contributed by atoms with E-state index in [1.54, 1.807) is 29.2 Å². The van der Waals surface area contributed by atoms with E-state index in [9.17, 15) is 9.18 Å². The zero-order valence-electron chi connectivity index (χ0n) is 17.9. The van der Waals surface area contributed by atoms with Gasteiger partial charge in [-0.15, -0.1) is 0 Å². The van der Waals surface area contributed by atoms with Gasteiger partial charge in [0.05, 0.1) is 18.4 Å². The highest BCUT2D eigenvalue weighted by Gasteiger charge is 2.28. The Morgan fingerprint density at radius 2 is 1.90 bits per heavy atom. The summed E-state index contributed by atoms with van der Waals surface area (Å²) in [6, 6.07) is 9.55. The molecule has 4 rings (SSSR count). The number of hydrogen-bond acceptors (Lipinski definition) is 6. The predicted molar refractivity (Wildman–Crippen MR) is 115 cm³/mol. The first-order valence-corrected chi connectivity index (χ1v) is 10.6. The molecular weight excluding hydrogens is 399 g/mol. The molecular formula is C23H27FN4O3. The first kappa shape index (κ1) is 21.1. The van der Waals surface area contributed by atoms with Crippen molar-refractivity contribution in [3.05, 3.63) is 59.8 Å². The number of carbonyl (C=O) groups is 1. The van der Waals surface area contributed by atoms with Gasteiger partial charge in [0.15, 0.2) is 5.76 Å². The summed E-state index contributed by atoms with van der Waals surface area (Å²) in [5, 5.41) is 4.33. The number of amides is 1. The van der Waals surface area contributed by atoms with E-state index in [0.717, 1.165) is 43.7 Å². The van der Waals surface area contributed by atoms with Gasteiger partial charge < -0.3 is 23.6 Å². The van der Waals surface area contributed by atoms with Gasteiger partial charge in [0.25, 0.3) is 5.91 Å². The summed E-state index contributed by atoms with van der Waals surface area (Å²) in [4.78, 5) is 19.2. The molecule has 1 aliphatic heterocycles. The molecule has 1 saturated heterocycles. The second kappa shape index (κ2) is 9.34. The van der Waals surface area contributed by atoms with Gasteiger partial charge in [-0.3, -0.25) is 4.79 Å². The number of furan rings is 1. The molecule has 2 aromatic heterocycles. The van der Waals surface area contributed by atoms with Crippen molar-refractivity contribution in [2.75, 3.05) is 44.7 Å². The number of piperazine rings is 1. The van der Waals surface area contributed by atoms with Crippen molar-refractivity contribution in [1.29, 1.82) is 0 Å². The Bertz CT molecular complexity index is 993. The van der Waals surface area contributed by atoms with E-state index >= 15 is 0 Å².